The number of hydrogen-bond acceptors (Lipinski definition) is 3. The molecule has 0 aliphatic heterocycles. The third-order valence-corrected chi connectivity index (χ3v) is 6.89. The summed E-state index contributed by atoms with van der Waals surface area (Å²) in [4.78, 5) is 12.4. The molecule has 3 aliphatic rings. The Bertz CT molecular complexity index is 540. The molecule has 0 saturated heterocycles. The van der Waals surface area contributed by atoms with Crippen molar-refractivity contribution in [2.75, 3.05) is 0 Å². The van der Waals surface area contributed by atoms with Crippen molar-refractivity contribution in [1.82, 2.24) is 0 Å². The Kier molecular flexibility index (Phi) is 4.31. The number of hydrogen-bond donors (Lipinski definition) is 2. The Morgan fingerprint density at radius 3 is 2.70 bits per heavy atom. The van der Waals surface area contributed by atoms with Gasteiger partial charge < -0.3 is 10.2 Å². The van der Waals surface area contributed by atoms with Crippen LogP contribution >= 0.6 is 0 Å². The summed E-state index contributed by atoms with van der Waals surface area (Å²) >= 11 is 0. The van der Waals surface area contributed by atoms with Crippen LogP contribution in [0.25, 0.3) is 0 Å². The smallest absolute Gasteiger partial charge is 0.159 e. The van der Waals surface area contributed by atoms with E-state index in [-0.39, 0.29) is 12.2 Å². The molecule has 0 amide bonds. The molecule has 0 aromatic rings. The Morgan fingerprint density at radius 2 is 2.04 bits per heavy atom. The SMILES string of the molecule is C=C[C@@H]1CCC2C3CCC(=O)C(CCC(C)(O)O)=C3CC[C@]21C. The molecule has 3 heteroatoms. The fourth-order valence-corrected chi connectivity index (χ4v) is 5.57. The second-order valence-corrected chi connectivity index (χ2v) is 8.32. The van der Waals surface area contributed by atoms with Crippen LogP contribution in [0.5, 0.6) is 0 Å². The molecule has 4 atom stereocenters. The molecule has 3 nitrogen and oxygen atoms in total. The molecule has 2 fully saturated rings. The summed E-state index contributed by atoms with van der Waals surface area (Å²) in [5.74, 6) is 0.336. The zero-order valence-corrected chi connectivity index (χ0v) is 14.5. The zero-order chi connectivity index (χ0) is 16.8. The van der Waals surface area contributed by atoms with Gasteiger partial charge in [0.05, 0.1) is 0 Å². The second-order valence-electron chi connectivity index (χ2n) is 8.32. The minimum absolute atomic E-state index is 0.238. The fourth-order valence-electron chi connectivity index (χ4n) is 5.57. The van der Waals surface area contributed by atoms with Crippen LogP contribution in [-0.4, -0.2) is 21.8 Å². The van der Waals surface area contributed by atoms with E-state index in [1.165, 1.54) is 25.3 Å². The molecular formula is C20H30O3. The summed E-state index contributed by atoms with van der Waals surface area (Å²) in [5, 5.41) is 19.2. The highest BCUT2D eigenvalue weighted by atomic mass is 16.5. The van der Waals surface area contributed by atoms with E-state index in [2.05, 4.69) is 19.6 Å². The lowest BCUT2D eigenvalue weighted by Crippen LogP contribution is -2.40. The van der Waals surface area contributed by atoms with Crippen LogP contribution < -0.4 is 0 Å². The second kappa shape index (κ2) is 5.86. The van der Waals surface area contributed by atoms with Crippen LogP contribution in [-0.2, 0) is 4.79 Å². The highest BCUT2D eigenvalue weighted by Gasteiger charge is 2.52. The number of carbonyl (C=O) groups excluding carboxylic acids is 1. The van der Waals surface area contributed by atoms with Gasteiger partial charge in [0.1, 0.15) is 0 Å². The van der Waals surface area contributed by atoms with Gasteiger partial charge >= 0.3 is 0 Å². The van der Waals surface area contributed by atoms with E-state index in [4.69, 9.17) is 0 Å². The van der Waals surface area contributed by atoms with E-state index < -0.39 is 5.79 Å². The number of fused-ring (bicyclic) bond motifs is 3. The number of Topliss-reactive ketones (excluding diaryl/α,β-unsaturated/α-hetero) is 1. The van der Waals surface area contributed by atoms with Crippen LogP contribution in [0.4, 0.5) is 0 Å². The van der Waals surface area contributed by atoms with Crippen molar-refractivity contribution in [2.24, 2.45) is 23.2 Å². The Hall–Kier alpha value is -0.930. The third-order valence-electron chi connectivity index (χ3n) is 6.89. The minimum atomic E-state index is -1.69. The molecule has 0 aromatic heterocycles. The number of allylic oxidation sites excluding steroid dienone is 3. The van der Waals surface area contributed by atoms with E-state index in [1.807, 2.05) is 0 Å². The molecule has 3 aliphatic carbocycles. The predicted molar refractivity (Wildman–Crippen MR) is 90.6 cm³/mol. The Balaban J connectivity index is 1.88. The maximum Gasteiger partial charge on any atom is 0.159 e. The van der Waals surface area contributed by atoms with Gasteiger partial charge in [0.25, 0.3) is 0 Å². The molecule has 128 valence electrons. The Labute approximate surface area is 139 Å². The van der Waals surface area contributed by atoms with Crippen molar-refractivity contribution in [3.63, 3.8) is 0 Å². The molecule has 0 bridgehead atoms. The first kappa shape index (κ1) is 16.9. The summed E-state index contributed by atoms with van der Waals surface area (Å²) < 4.78 is 0. The molecule has 2 saturated carbocycles. The zero-order valence-electron chi connectivity index (χ0n) is 14.5. The molecule has 23 heavy (non-hydrogen) atoms. The lowest BCUT2D eigenvalue weighted by molar-refractivity contribution is -0.149. The summed E-state index contributed by atoms with van der Waals surface area (Å²) in [5.41, 5.74) is 2.60. The monoisotopic (exact) mass is 318 g/mol. The average molecular weight is 318 g/mol. The van der Waals surface area contributed by atoms with Gasteiger partial charge in [-0.2, -0.15) is 0 Å². The lowest BCUT2D eigenvalue weighted by Gasteiger charge is -2.48. The molecule has 3 rings (SSSR count). The molecule has 0 aromatic carbocycles. The third kappa shape index (κ3) is 2.94. The van der Waals surface area contributed by atoms with E-state index in [1.54, 1.807) is 0 Å². The van der Waals surface area contributed by atoms with Gasteiger partial charge in [-0.25, -0.2) is 0 Å². The number of carbonyl (C=O) groups is 1. The summed E-state index contributed by atoms with van der Waals surface area (Å²) in [6.07, 6.45) is 9.09. The lowest BCUT2D eigenvalue weighted by atomic mass is 9.56. The molecule has 0 spiro atoms. The van der Waals surface area contributed by atoms with Crippen molar-refractivity contribution in [2.45, 2.75) is 71.0 Å². The number of aliphatic hydroxyl groups is 2. The summed E-state index contributed by atoms with van der Waals surface area (Å²) in [7, 11) is 0. The topological polar surface area (TPSA) is 57.5 Å². The molecule has 2 N–H and O–H groups in total. The predicted octanol–water partition coefficient (Wildman–Crippen LogP) is 3.76. The molecule has 0 radical (unpaired) electrons. The average Bonchev–Trinajstić information content (AvgIpc) is 2.81. The molecule has 2 unspecified atom stereocenters. The van der Waals surface area contributed by atoms with Gasteiger partial charge in [0.15, 0.2) is 11.6 Å². The first-order valence-electron chi connectivity index (χ1n) is 9.08. The maximum absolute atomic E-state index is 12.4. The highest BCUT2D eigenvalue weighted by molar-refractivity contribution is 5.97. The first-order chi connectivity index (χ1) is 10.8. The standard InChI is InChI=1S/C20H30O3/c1-4-13-5-7-17-15-6-8-18(21)16(10-12-20(3,22)23)14(15)9-11-19(13,17)2/h4,13,15,17,22-23H,1,5-12H2,2-3H3/t13-,15?,17?,19+/m1/s1. The maximum atomic E-state index is 12.4. The van der Waals surface area contributed by atoms with Crippen LogP contribution in [0.2, 0.25) is 0 Å². The fraction of sp³-hybridized carbons (Fsp3) is 0.750. The van der Waals surface area contributed by atoms with Gasteiger partial charge in [-0.1, -0.05) is 18.6 Å². The molecular weight excluding hydrogens is 288 g/mol. The van der Waals surface area contributed by atoms with Gasteiger partial charge in [-0.05, 0) is 74.2 Å². The van der Waals surface area contributed by atoms with Gasteiger partial charge in [-0.3, -0.25) is 4.79 Å². The van der Waals surface area contributed by atoms with Crippen molar-refractivity contribution >= 4 is 5.78 Å². The number of rotatable bonds is 4. The minimum Gasteiger partial charge on any atom is -0.366 e. The van der Waals surface area contributed by atoms with Crippen molar-refractivity contribution in [3.05, 3.63) is 23.8 Å². The van der Waals surface area contributed by atoms with Gasteiger partial charge in [0.2, 0.25) is 0 Å². The summed E-state index contributed by atoms with van der Waals surface area (Å²) in [6.45, 7) is 7.86. The van der Waals surface area contributed by atoms with E-state index in [9.17, 15) is 15.0 Å². The Morgan fingerprint density at radius 1 is 1.30 bits per heavy atom. The van der Waals surface area contributed by atoms with Gasteiger partial charge in [-0.15, -0.1) is 6.58 Å². The van der Waals surface area contributed by atoms with Crippen molar-refractivity contribution in [3.8, 4) is 0 Å². The highest BCUT2D eigenvalue weighted by Crippen LogP contribution is 2.61. The quantitative estimate of drug-likeness (QED) is 0.613. The van der Waals surface area contributed by atoms with Crippen LogP contribution in [0, 0.1) is 23.2 Å². The first-order valence-corrected chi connectivity index (χ1v) is 9.08. The van der Waals surface area contributed by atoms with E-state index in [0.717, 1.165) is 24.8 Å². The number of ketones is 1. The van der Waals surface area contributed by atoms with E-state index in [0.29, 0.717) is 36.0 Å². The largest absolute Gasteiger partial charge is 0.366 e. The van der Waals surface area contributed by atoms with Crippen molar-refractivity contribution in [1.29, 1.82) is 0 Å². The van der Waals surface area contributed by atoms with Crippen LogP contribution in [0.15, 0.2) is 23.8 Å². The van der Waals surface area contributed by atoms with Crippen molar-refractivity contribution < 1.29 is 15.0 Å². The van der Waals surface area contributed by atoms with E-state index >= 15 is 0 Å². The molecule has 0 heterocycles. The van der Waals surface area contributed by atoms with Crippen LogP contribution in [0.1, 0.15) is 65.2 Å². The summed E-state index contributed by atoms with van der Waals surface area (Å²) in [6, 6.07) is 0. The normalized spacial score (nSPS) is 37.6. The van der Waals surface area contributed by atoms with Gasteiger partial charge in [0, 0.05) is 12.8 Å². The van der Waals surface area contributed by atoms with Crippen LogP contribution in [0.3, 0.4) is 0 Å².